The molecule has 3 atom stereocenters. The summed E-state index contributed by atoms with van der Waals surface area (Å²) >= 11 is 0. The minimum Gasteiger partial charge on any atom is -0.337 e. The van der Waals surface area contributed by atoms with Crippen LogP contribution in [0.15, 0.2) is 18.7 Å². The van der Waals surface area contributed by atoms with Crippen molar-refractivity contribution in [2.24, 2.45) is 0 Å². The number of hydrogen-bond acceptors (Lipinski definition) is 3. The van der Waals surface area contributed by atoms with Gasteiger partial charge in [-0.3, -0.25) is 4.90 Å². The first-order chi connectivity index (χ1) is 23.1. The Morgan fingerprint density at radius 2 is 0.915 bits per heavy atom. The van der Waals surface area contributed by atoms with Crippen LogP contribution in [0.5, 0.6) is 0 Å². The zero-order valence-corrected chi connectivity index (χ0v) is 33.2. The molecule has 1 heterocycles. The Labute approximate surface area is 296 Å². The average Bonchev–Trinajstić information content (AvgIpc) is 3.61. The lowest BCUT2D eigenvalue weighted by molar-refractivity contribution is 0.0943. The molecule has 0 amide bonds. The van der Waals surface area contributed by atoms with Crippen LogP contribution >= 0.6 is 0 Å². The summed E-state index contributed by atoms with van der Waals surface area (Å²) in [4.78, 5) is 10.2. The number of rotatable bonds is 36. The third-order valence-electron chi connectivity index (χ3n) is 11.1. The van der Waals surface area contributed by atoms with Crippen LogP contribution in [0, 0.1) is 0 Å². The summed E-state index contributed by atoms with van der Waals surface area (Å²) < 4.78 is 2.25. The molecule has 0 aliphatic rings. The summed E-state index contributed by atoms with van der Waals surface area (Å²) in [6.45, 7) is 19.3. The maximum atomic E-state index is 4.26. The molecule has 1 aromatic rings. The summed E-state index contributed by atoms with van der Waals surface area (Å²) in [6, 6.07) is 2.28. The molecule has 0 aliphatic heterocycles. The largest absolute Gasteiger partial charge is 0.337 e. The highest BCUT2D eigenvalue weighted by Gasteiger charge is 2.24. The molecule has 4 heteroatoms. The number of imidazole rings is 1. The molecule has 47 heavy (non-hydrogen) atoms. The van der Waals surface area contributed by atoms with Gasteiger partial charge in [-0.1, -0.05) is 157 Å². The van der Waals surface area contributed by atoms with Crippen LogP contribution in [0.2, 0.25) is 0 Å². The number of aromatic nitrogens is 2. The van der Waals surface area contributed by atoms with Gasteiger partial charge in [0.25, 0.3) is 0 Å². The molecule has 0 radical (unpaired) electrons. The third kappa shape index (κ3) is 22.5. The van der Waals surface area contributed by atoms with Crippen LogP contribution in [0.25, 0.3) is 0 Å². The third-order valence-corrected chi connectivity index (χ3v) is 11.1. The fourth-order valence-corrected chi connectivity index (χ4v) is 7.96. The highest BCUT2D eigenvalue weighted by molar-refractivity contribution is 4.80. The zero-order valence-electron chi connectivity index (χ0n) is 33.2. The highest BCUT2D eigenvalue weighted by Crippen LogP contribution is 2.24. The number of hydrogen-bond donors (Lipinski definition) is 0. The van der Waals surface area contributed by atoms with Gasteiger partial charge in [-0.15, -0.1) is 0 Å². The highest BCUT2D eigenvalue weighted by atomic mass is 15.2. The van der Waals surface area contributed by atoms with Gasteiger partial charge in [0.15, 0.2) is 0 Å². The number of unbranched alkanes of at least 4 members (excludes halogenated alkanes) is 16. The second kappa shape index (κ2) is 32.3. The standard InChI is InChI=1S/C43H86N4/c1-7-13-16-19-22-25-31-41(10-4)46(36-29-28-35-45-39-34-44-40-45)37-30-38-47(42(11-5)32-26-23-20-17-14-8-2)43(12-6)33-27-24-21-18-15-9-3/h34,39-43H,7-33,35-38H2,1-6H3. The van der Waals surface area contributed by atoms with E-state index in [1.165, 1.54) is 193 Å². The molecule has 1 rings (SSSR count). The molecule has 0 saturated heterocycles. The smallest absolute Gasteiger partial charge is 0.0945 e. The van der Waals surface area contributed by atoms with Gasteiger partial charge >= 0.3 is 0 Å². The first-order valence-electron chi connectivity index (χ1n) is 21.6. The van der Waals surface area contributed by atoms with Crippen molar-refractivity contribution >= 4 is 0 Å². The summed E-state index contributed by atoms with van der Waals surface area (Å²) in [6.07, 6.45) is 43.4. The second-order valence-corrected chi connectivity index (χ2v) is 15.0. The molecule has 0 aromatic carbocycles. The van der Waals surface area contributed by atoms with Gasteiger partial charge in [-0.2, -0.15) is 0 Å². The van der Waals surface area contributed by atoms with Crippen molar-refractivity contribution in [3.05, 3.63) is 18.7 Å². The zero-order chi connectivity index (χ0) is 34.2. The van der Waals surface area contributed by atoms with E-state index in [1.54, 1.807) is 0 Å². The van der Waals surface area contributed by atoms with Crippen LogP contribution in [0.3, 0.4) is 0 Å². The van der Waals surface area contributed by atoms with Gasteiger partial charge in [-0.25, -0.2) is 4.98 Å². The Balaban J connectivity index is 2.86. The van der Waals surface area contributed by atoms with Gasteiger partial charge in [0, 0.05) is 37.1 Å². The van der Waals surface area contributed by atoms with Gasteiger partial charge < -0.3 is 9.47 Å². The van der Waals surface area contributed by atoms with E-state index in [-0.39, 0.29) is 0 Å². The Morgan fingerprint density at radius 3 is 1.36 bits per heavy atom. The van der Waals surface area contributed by atoms with Crippen LogP contribution in [0.4, 0.5) is 0 Å². The molecule has 3 unspecified atom stereocenters. The summed E-state index contributed by atoms with van der Waals surface area (Å²) in [5.41, 5.74) is 0. The quantitative estimate of drug-likeness (QED) is 0.0671. The lowest BCUT2D eigenvalue weighted by Gasteiger charge is -2.39. The van der Waals surface area contributed by atoms with E-state index in [0.717, 1.165) is 24.7 Å². The van der Waals surface area contributed by atoms with Crippen LogP contribution in [-0.4, -0.2) is 57.1 Å². The molecule has 0 N–H and O–H groups in total. The van der Waals surface area contributed by atoms with Crippen LogP contribution in [0.1, 0.15) is 215 Å². The normalized spacial score (nSPS) is 14.0. The van der Waals surface area contributed by atoms with Gasteiger partial charge in [0.1, 0.15) is 0 Å². The van der Waals surface area contributed by atoms with Crippen LogP contribution in [-0.2, 0) is 6.54 Å². The molecule has 0 aliphatic carbocycles. The molecule has 278 valence electrons. The maximum Gasteiger partial charge on any atom is 0.0945 e. The Bertz CT molecular complexity index is 710. The predicted octanol–water partition coefficient (Wildman–Crippen LogP) is 13.2. The van der Waals surface area contributed by atoms with Crippen molar-refractivity contribution in [3.8, 4) is 0 Å². The first kappa shape index (κ1) is 44.2. The van der Waals surface area contributed by atoms with Crippen molar-refractivity contribution in [3.63, 3.8) is 0 Å². The van der Waals surface area contributed by atoms with Crippen molar-refractivity contribution in [2.75, 3.05) is 19.6 Å². The van der Waals surface area contributed by atoms with Crippen molar-refractivity contribution < 1.29 is 0 Å². The number of nitrogens with zero attached hydrogens (tertiary/aromatic N) is 4. The maximum absolute atomic E-state index is 4.26. The molecule has 0 bridgehead atoms. The topological polar surface area (TPSA) is 24.3 Å². The monoisotopic (exact) mass is 659 g/mol. The second-order valence-electron chi connectivity index (χ2n) is 15.0. The fraction of sp³-hybridized carbons (Fsp3) is 0.930. The SMILES string of the molecule is CCCCCCCCC(CC)N(CCCCn1ccnc1)CCCN(C(CC)CCCCCCCC)C(CC)CCCCCCCC. The van der Waals surface area contributed by atoms with E-state index in [1.807, 2.05) is 12.5 Å². The van der Waals surface area contributed by atoms with Crippen molar-refractivity contribution in [2.45, 2.75) is 240 Å². The average molecular weight is 659 g/mol. The van der Waals surface area contributed by atoms with Gasteiger partial charge in [-0.05, 0) is 77.4 Å². The van der Waals surface area contributed by atoms with Crippen molar-refractivity contribution in [1.29, 1.82) is 0 Å². The summed E-state index contributed by atoms with van der Waals surface area (Å²) in [5, 5.41) is 0. The van der Waals surface area contributed by atoms with Gasteiger partial charge in [0.2, 0.25) is 0 Å². The molecule has 0 fully saturated rings. The van der Waals surface area contributed by atoms with E-state index in [9.17, 15) is 0 Å². The first-order valence-corrected chi connectivity index (χ1v) is 21.6. The van der Waals surface area contributed by atoms with E-state index in [0.29, 0.717) is 0 Å². The molecular formula is C43H86N4. The lowest BCUT2D eigenvalue weighted by atomic mass is 9.96. The minimum absolute atomic E-state index is 0.748. The minimum atomic E-state index is 0.748. The Morgan fingerprint density at radius 1 is 0.468 bits per heavy atom. The molecule has 1 aromatic heterocycles. The molecule has 0 spiro atoms. The number of aryl methyl sites for hydroxylation is 1. The van der Waals surface area contributed by atoms with E-state index < -0.39 is 0 Å². The Kier molecular flexibility index (Phi) is 30.4. The van der Waals surface area contributed by atoms with Gasteiger partial charge in [0.05, 0.1) is 6.33 Å². The van der Waals surface area contributed by atoms with E-state index >= 15 is 0 Å². The Hall–Kier alpha value is -0.870. The predicted molar refractivity (Wildman–Crippen MR) is 211 cm³/mol. The summed E-state index contributed by atoms with van der Waals surface area (Å²) in [5.74, 6) is 0. The fourth-order valence-electron chi connectivity index (χ4n) is 7.96. The lowest BCUT2D eigenvalue weighted by Crippen LogP contribution is -2.45. The van der Waals surface area contributed by atoms with Crippen molar-refractivity contribution in [1.82, 2.24) is 19.4 Å². The van der Waals surface area contributed by atoms with Crippen LogP contribution < -0.4 is 0 Å². The summed E-state index contributed by atoms with van der Waals surface area (Å²) in [7, 11) is 0. The van der Waals surface area contributed by atoms with E-state index in [2.05, 4.69) is 67.1 Å². The molecule has 4 nitrogen and oxygen atoms in total. The molecule has 0 saturated carbocycles. The molecular weight excluding hydrogens is 573 g/mol. The van der Waals surface area contributed by atoms with E-state index in [4.69, 9.17) is 0 Å².